The maximum atomic E-state index is 10.9. The van der Waals surface area contributed by atoms with E-state index < -0.39 is 5.97 Å². The van der Waals surface area contributed by atoms with E-state index >= 15 is 0 Å². The summed E-state index contributed by atoms with van der Waals surface area (Å²) in [6.45, 7) is 8.01. The predicted molar refractivity (Wildman–Crippen MR) is 71.8 cm³/mol. The Morgan fingerprint density at radius 2 is 2.00 bits per heavy atom. The molecule has 5 heteroatoms. The smallest absolute Gasteiger partial charge is 0.335 e. The normalized spacial score (nSPS) is 11.6. The van der Waals surface area contributed by atoms with Gasteiger partial charge in [0.2, 0.25) is 0 Å². The zero-order valence-electron chi connectivity index (χ0n) is 11.5. The topological polar surface area (TPSA) is 68.0 Å². The molecule has 0 bridgehead atoms. The number of aromatic nitrogens is 3. The van der Waals surface area contributed by atoms with Crippen molar-refractivity contribution >= 4 is 5.97 Å². The molecule has 1 N–H and O–H groups in total. The molecule has 0 fully saturated rings. The average molecular weight is 259 g/mol. The fourth-order valence-corrected chi connectivity index (χ4v) is 1.77. The standard InChI is InChI=1S/C14H17N3O2/c1-9-7-10(12(18)19)5-6-11(9)17-8-15-13(16-17)14(2,3)4/h5-8H,1-4H3,(H,18,19). The van der Waals surface area contributed by atoms with Crippen molar-refractivity contribution in [2.24, 2.45) is 0 Å². The van der Waals surface area contributed by atoms with Crippen molar-refractivity contribution in [3.05, 3.63) is 41.5 Å². The highest BCUT2D eigenvalue weighted by Gasteiger charge is 2.19. The molecule has 1 aromatic carbocycles. The van der Waals surface area contributed by atoms with Crippen LogP contribution >= 0.6 is 0 Å². The van der Waals surface area contributed by atoms with Crippen molar-refractivity contribution in [3.63, 3.8) is 0 Å². The van der Waals surface area contributed by atoms with Crippen LogP contribution in [0.4, 0.5) is 0 Å². The quantitative estimate of drug-likeness (QED) is 0.900. The first-order valence-corrected chi connectivity index (χ1v) is 6.05. The lowest BCUT2D eigenvalue weighted by Gasteiger charge is -2.12. The number of rotatable bonds is 2. The lowest BCUT2D eigenvalue weighted by molar-refractivity contribution is 0.0697. The second-order valence-corrected chi connectivity index (χ2v) is 5.57. The highest BCUT2D eigenvalue weighted by atomic mass is 16.4. The van der Waals surface area contributed by atoms with Crippen molar-refractivity contribution < 1.29 is 9.90 Å². The summed E-state index contributed by atoms with van der Waals surface area (Å²) in [4.78, 5) is 15.2. The monoisotopic (exact) mass is 259 g/mol. The molecule has 2 rings (SSSR count). The molecule has 0 atom stereocenters. The molecule has 100 valence electrons. The Morgan fingerprint density at radius 1 is 1.32 bits per heavy atom. The molecule has 1 aromatic heterocycles. The van der Waals surface area contributed by atoms with Gasteiger partial charge in [-0.1, -0.05) is 20.8 Å². The molecule has 0 saturated carbocycles. The number of carboxylic acid groups (broad SMARTS) is 1. The van der Waals surface area contributed by atoms with Crippen LogP contribution in [0.2, 0.25) is 0 Å². The Hall–Kier alpha value is -2.17. The number of carbonyl (C=O) groups is 1. The molecule has 0 spiro atoms. The maximum absolute atomic E-state index is 10.9. The van der Waals surface area contributed by atoms with E-state index in [-0.39, 0.29) is 11.0 Å². The number of aryl methyl sites for hydroxylation is 1. The van der Waals surface area contributed by atoms with Crippen LogP contribution in [0.5, 0.6) is 0 Å². The lowest BCUT2D eigenvalue weighted by atomic mass is 9.96. The van der Waals surface area contributed by atoms with Crippen LogP contribution in [0.3, 0.4) is 0 Å². The number of aromatic carboxylic acids is 1. The summed E-state index contributed by atoms with van der Waals surface area (Å²) in [5.41, 5.74) is 1.86. The van der Waals surface area contributed by atoms with Gasteiger partial charge in [0.05, 0.1) is 11.3 Å². The van der Waals surface area contributed by atoms with Gasteiger partial charge in [0.25, 0.3) is 0 Å². The van der Waals surface area contributed by atoms with E-state index in [4.69, 9.17) is 5.11 Å². The minimum absolute atomic E-state index is 0.111. The molecule has 5 nitrogen and oxygen atoms in total. The van der Waals surface area contributed by atoms with Gasteiger partial charge in [-0.15, -0.1) is 0 Å². The summed E-state index contributed by atoms with van der Waals surface area (Å²) in [6.07, 6.45) is 1.66. The van der Waals surface area contributed by atoms with Gasteiger partial charge >= 0.3 is 5.97 Å². The average Bonchev–Trinajstić information content (AvgIpc) is 2.77. The fraction of sp³-hybridized carbons (Fsp3) is 0.357. The van der Waals surface area contributed by atoms with Gasteiger partial charge in [0, 0.05) is 5.41 Å². The third-order valence-electron chi connectivity index (χ3n) is 2.85. The Balaban J connectivity index is 2.43. The highest BCUT2D eigenvalue weighted by Crippen LogP contribution is 2.20. The molecule has 0 aliphatic rings. The van der Waals surface area contributed by atoms with Crippen LogP contribution < -0.4 is 0 Å². The molecular weight excluding hydrogens is 242 g/mol. The molecule has 0 saturated heterocycles. The van der Waals surface area contributed by atoms with Crippen molar-refractivity contribution in [1.29, 1.82) is 0 Å². The largest absolute Gasteiger partial charge is 0.478 e. The van der Waals surface area contributed by atoms with E-state index in [0.717, 1.165) is 17.1 Å². The molecule has 0 aliphatic carbocycles. The number of benzene rings is 1. The predicted octanol–water partition coefficient (Wildman–Crippen LogP) is 2.57. The molecule has 0 aliphatic heterocycles. The first kappa shape index (κ1) is 13.3. The zero-order valence-corrected chi connectivity index (χ0v) is 11.5. The van der Waals surface area contributed by atoms with Crippen LogP contribution in [0.25, 0.3) is 5.69 Å². The molecule has 0 amide bonds. The van der Waals surface area contributed by atoms with Crippen molar-refractivity contribution in [2.75, 3.05) is 0 Å². The SMILES string of the molecule is Cc1cc(C(=O)O)ccc1-n1cnc(C(C)(C)C)n1. The van der Waals surface area contributed by atoms with Gasteiger partial charge in [-0.2, -0.15) is 5.10 Å². The van der Waals surface area contributed by atoms with Gasteiger partial charge in [0.15, 0.2) is 5.82 Å². The Kier molecular flexibility index (Phi) is 3.14. The summed E-state index contributed by atoms with van der Waals surface area (Å²) in [7, 11) is 0. The minimum Gasteiger partial charge on any atom is -0.478 e. The van der Waals surface area contributed by atoms with E-state index in [1.165, 1.54) is 0 Å². The summed E-state index contributed by atoms with van der Waals surface area (Å²) < 4.78 is 1.68. The molecule has 0 unspecified atom stereocenters. The third kappa shape index (κ3) is 2.65. The fourth-order valence-electron chi connectivity index (χ4n) is 1.77. The van der Waals surface area contributed by atoms with E-state index in [1.807, 2.05) is 27.7 Å². The van der Waals surface area contributed by atoms with E-state index in [0.29, 0.717) is 0 Å². The van der Waals surface area contributed by atoms with Crippen molar-refractivity contribution in [2.45, 2.75) is 33.1 Å². The van der Waals surface area contributed by atoms with Gasteiger partial charge in [-0.3, -0.25) is 0 Å². The van der Waals surface area contributed by atoms with Gasteiger partial charge in [-0.05, 0) is 30.7 Å². The van der Waals surface area contributed by atoms with Crippen molar-refractivity contribution in [1.82, 2.24) is 14.8 Å². The summed E-state index contributed by atoms with van der Waals surface area (Å²) in [5.74, 6) is -0.169. The Morgan fingerprint density at radius 3 is 2.47 bits per heavy atom. The Labute approximate surface area is 111 Å². The zero-order chi connectivity index (χ0) is 14.2. The highest BCUT2D eigenvalue weighted by molar-refractivity contribution is 5.88. The first-order valence-electron chi connectivity index (χ1n) is 6.05. The van der Waals surface area contributed by atoms with Crippen LogP contribution in [0.1, 0.15) is 42.5 Å². The summed E-state index contributed by atoms with van der Waals surface area (Å²) in [6, 6.07) is 4.96. The second-order valence-electron chi connectivity index (χ2n) is 5.57. The van der Waals surface area contributed by atoms with Crippen molar-refractivity contribution in [3.8, 4) is 5.69 Å². The molecule has 0 radical (unpaired) electrons. The number of carboxylic acids is 1. The van der Waals surface area contributed by atoms with Gasteiger partial charge < -0.3 is 5.11 Å². The van der Waals surface area contributed by atoms with Gasteiger partial charge in [0.1, 0.15) is 6.33 Å². The maximum Gasteiger partial charge on any atom is 0.335 e. The van der Waals surface area contributed by atoms with E-state index in [2.05, 4.69) is 10.1 Å². The lowest BCUT2D eigenvalue weighted by Crippen LogP contribution is -2.14. The number of hydrogen-bond acceptors (Lipinski definition) is 3. The van der Waals surface area contributed by atoms with Crippen LogP contribution in [-0.4, -0.2) is 25.8 Å². The summed E-state index contributed by atoms with van der Waals surface area (Å²) >= 11 is 0. The Bertz CT molecular complexity index is 624. The van der Waals surface area contributed by atoms with Gasteiger partial charge in [-0.25, -0.2) is 14.5 Å². The molecule has 1 heterocycles. The van der Waals surface area contributed by atoms with Crippen LogP contribution in [0, 0.1) is 6.92 Å². The van der Waals surface area contributed by atoms with Crippen LogP contribution in [-0.2, 0) is 5.41 Å². The first-order chi connectivity index (χ1) is 8.79. The summed E-state index contributed by atoms with van der Waals surface area (Å²) in [5, 5.41) is 13.4. The molecule has 2 aromatic rings. The number of nitrogens with zero attached hydrogens (tertiary/aromatic N) is 3. The minimum atomic E-state index is -0.927. The number of hydrogen-bond donors (Lipinski definition) is 1. The molecule has 19 heavy (non-hydrogen) atoms. The second kappa shape index (κ2) is 4.50. The van der Waals surface area contributed by atoms with E-state index in [1.54, 1.807) is 29.2 Å². The molecular formula is C14H17N3O2. The van der Waals surface area contributed by atoms with Crippen LogP contribution in [0.15, 0.2) is 24.5 Å². The third-order valence-corrected chi connectivity index (χ3v) is 2.85. The van der Waals surface area contributed by atoms with E-state index in [9.17, 15) is 4.79 Å².